The van der Waals surface area contributed by atoms with Crippen LogP contribution in [0.1, 0.15) is 0 Å². The topological polar surface area (TPSA) is 44.8 Å². The molecule has 108 valence electrons. The Labute approximate surface area is 124 Å². The first-order valence-corrected chi connectivity index (χ1v) is 7.27. The van der Waals surface area contributed by atoms with Gasteiger partial charge in [-0.2, -0.15) is 0 Å². The lowest BCUT2D eigenvalue weighted by Gasteiger charge is -2.17. The second-order valence-corrected chi connectivity index (χ2v) is 5.84. The van der Waals surface area contributed by atoms with Gasteiger partial charge < -0.3 is 9.26 Å². The number of hydrogen-bond acceptors (Lipinski definition) is 4. The third-order valence-corrected chi connectivity index (χ3v) is 4.46. The van der Waals surface area contributed by atoms with Crippen molar-refractivity contribution in [3.8, 4) is 11.5 Å². The van der Waals surface area contributed by atoms with Crippen molar-refractivity contribution in [2.75, 3.05) is 14.2 Å². The molecule has 0 radical (unpaired) electrons. The number of benzene rings is 2. The lowest BCUT2D eigenvalue weighted by Crippen LogP contribution is -2.10. The van der Waals surface area contributed by atoms with Gasteiger partial charge in [0.15, 0.2) is 0 Å². The Balaban J connectivity index is 0.00000200. The number of hydrogen-bond donors (Lipinski definition) is 0. The van der Waals surface area contributed by atoms with E-state index in [-0.39, 0.29) is 12.4 Å². The first-order chi connectivity index (χ1) is 9.18. The van der Waals surface area contributed by atoms with Gasteiger partial charge in [-0.1, -0.05) is 18.2 Å². The van der Waals surface area contributed by atoms with Crippen molar-refractivity contribution < 1.29 is 18.3 Å². The Bertz CT molecular complexity index is 571. The minimum atomic E-state index is -3.34. The molecule has 0 heterocycles. The van der Waals surface area contributed by atoms with Crippen LogP contribution in [0.5, 0.6) is 11.5 Å². The van der Waals surface area contributed by atoms with E-state index in [2.05, 4.69) is 0 Å². The van der Waals surface area contributed by atoms with Crippen LogP contribution in [0.4, 0.5) is 0 Å². The molecule has 0 amide bonds. The first-order valence-electron chi connectivity index (χ1n) is 5.73. The first kappa shape index (κ1) is 16.6. The summed E-state index contributed by atoms with van der Waals surface area (Å²) < 4.78 is 28.3. The van der Waals surface area contributed by atoms with E-state index in [1.165, 1.54) is 7.11 Å². The Morgan fingerprint density at radius 1 is 0.850 bits per heavy atom. The van der Waals surface area contributed by atoms with Gasteiger partial charge in [0.25, 0.3) is 0 Å². The summed E-state index contributed by atoms with van der Waals surface area (Å²) in [5.41, 5.74) is 0. The lowest BCUT2D eigenvalue weighted by molar-refractivity contribution is 0.333. The van der Waals surface area contributed by atoms with Crippen LogP contribution in [0.15, 0.2) is 54.6 Å². The summed E-state index contributed by atoms with van der Waals surface area (Å²) in [6.45, 7) is 0. The summed E-state index contributed by atoms with van der Waals surface area (Å²) in [4.78, 5) is 0. The van der Waals surface area contributed by atoms with Crippen molar-refractivity contribution in [1.29, 1.82) is 0 Å². The van der Waals surface area contributed by atoms with Gasteiger partial charge in [0.05, 0.1) is 12.4 Å². The number of ether oxygens (including phenoxy) is 1. The molecule has 0 spiro atoms. The van der Waals surface area contributed by atoms with E-state index < -0.39 is 7.60 Å². The fourth-order valence-electron chi connectivity index (χ4n) is 1.58. The van der Waals surface area contributed by atoms with Crippen LogP contribution in [-0.2, 0) is 9.09 Å². The highest BCUT2D eigenvalue weighted by atomic mass is 35.5. The summed E-state index contributed by atoms with van der Waals surface area (Å²) in [7, 11) is -0.383. The van der Waals surface area contributed by atoms with Gasteiger partial charge in [0.1, 0.15) is 11.5 Å². The maximum absolute atomic E-state index is 12.6. The second kappa shape index (κ2) is 7.34. The lowest BCUT2D eigenvalue weighted by atomic mass is 10.3. The zero-order valence-electron chi connectivity index (χ0n) is 11.2. The average Bonchev–Trinajstić information content (AvgIpc) is 2.49. The summed E-state index contributed by atoms with van der Waals surface area (Å²) >= 11 is 0. The molecule has 2 aromatic carbocycles. The molecule has 1 atom stereocenters. The maximum Gasteiger partial charge on any atom is 0.410 e. The summed E-state index contributed by atoms with van der Waals surface area (Å²) in [5.74, 6) is 1.18. The normalized spacial score (nSPS) is 12.9. The maximum atomic E-state index is 12.6. The molecule has 0 fully saturated rings. The van der Waals surface area contributed by atoms with Crippen molar-refractivity contribution in [3.63, 3.8) is 0 Å². The molecule has 0 N–H and O–H groups in total. The van der Waals surface area contributed by atoms with Gasteiger partial charge in [-0.05, 0) is 36.4 Å². The monoisotopic (exact) mass is 314 g/mol. The van der Waals surface area contributed by atoms with Gasteiger partial charge in [-0.25, -0.2) is 4.57 Å². The Morgan fingerprint density at radius 3 is 1.90 bits per heavy atom. The Morgan fingerprint density at radius 2 is 1.40 bits per heavy atom. The SMILES string of the molecule is COc1ccc(OP(=O)(OC)c2ccccc2)cc1.Cl. The predicted octanol–water partition coefficient (Wildman–Crippen LogP) is 3.66. The quantitative estimate of drug-likeness (QED) is 0.790. The van der Waals surface area contributed by atoms with Crippen LogP contribution < -0.4 is 14.6 Å². The number of rotatable bonds is 5. The standard InChI is InChI=1S/C14H15O4P.ClH/c1-16-12-8-10-13(11-9-12)18-19(15,17-2)14-6-4-3-5-7-14;/h3-11H,1-2H3;1H. The highest BCUT2D eigenvalue weighted by molar-refractivity contribution is 7.62. The second-order valence-electron chi connectivity index (χ2n) is 3.78. The van der Waals surface area contributed by atoms with E-state index >= 15 is 0 Å². The summed E-state index contributed by atoms with van der Waals surface area (Å²) in [5, 5.41) is 0.522. The van der Waals surface area contributed by atoms with Crippen LogP contribution in [0.25, 0.3) is 0 Å². The predicted molar refractivity (Wildman–Crippen MR) is 81.6 cm³/mol. The number of halogens is 1. The minimum absolute atomic E-state index is 0. The van der Waals surface area contributed by atoms with Crippen LogP contribution >= 0.6 is 20.0 Å². The molecule has 0 aliphatic rings. The minimum Gasteiger partial charge on any atom is -0.497 e. The van der Waals surface area contributed by atoms with Crippen LogP contribution in [0, 0.1) is 0 Å². The highest BCUT2D eigenvalue weighted by Crippen LogP contribution is 2.46. The molecule has 2 rings (SSSR count). The fraction of sp³-hybridized carbons (Fsp3) is 0.143. The molecule has 0 bridgehead atoms. The zero-order valence-corrected chi connectivity index (χ0v) is 12.9. The molecule has 1 unspecified atom stereocenters. The van der Waals surface area contributed by atoms with Crippen LogP contribution in [-0.4, -0.2) is 14.2 Å². The molecule has 2 aromatic rings. The molecule has 0 aromatic heterocycles. The molecule has 4 nitrogen and oxygen atoms in total. The van der Waals surface area contributed by atoms with Crippen molar-refractivity contribution >= 4 is 25.3 Å². The van der Waals surface area contributed by atoms with Gasteiger partial charge in [0.2, 0.25) is 0 Å². The van der Waals surface area contributed by atoms with Crippen molar-refractivity contribution in [1.82, 2.24) is 0 Å². The van der Waals surface area contributed by atoms with E-state index in [1.54, 1.807) is 55.6 Å². The van der Waals surface area contributed by atoms with Gasteiger partial charge in [-0.3, -0.25) is 4.52 Å². The highest BCUT2D eigenvalue weighted by Gasteiger charge is 2.27. The van der Waals surface area contributed by atoms with E-state index in [1.807, 2.05) is 6.07 Å². The zero-order chi connectivity index (χ0) is 13.7. The Kier molecular flexibility index (Phi) is 6.08. The van der Waals surface area contributed by atoms with Gasteiger partial charge in [-0.15, -0.1) is 12.4 Å². The van der Waals surface area contributed by atoms with E-state index in [0.29, 0.717) is 16.8 Å². The molecule has 20 heavy (non-hydrogen) atoms. The van der Waals surface area contributed by atoms with Gasteiger partial charge in [0, 0.05) is 7.11 Å². The van der Waals surface area contributed by atoms with Crippen molar-refractivity contribution in [3.05, 3.63) is 54.6 Å². The molecule has 6 heteroatoms. The van der Waals surface area contributed by atoms with Crippen molar-refractivity contribution in [2.45, 2.75) is 0 Å². The molecular formula is C14H16ClO4P. The van der Waals surface area contributed by atoms with E-state index in [4.69, 9.17) is 13.8 Å². The molecule has 0 saturated carbocycles. The smallest absolute Gasteiger partial charge is 0.410 e. The van der Waals surface area contributed by atoms with Crippen LogP contribution in [0.3, 0.4) is 0 Å². The molecule has 0 saturated heterocycles. The average molecular weight is 315 g/mol. The van der Waals surface area contributed by atoms with Crippen molar-refractivity contribution in [2.24, 2.45) is 0 Å². The van der Waals surface area contributed by atoms with Crippen LogP contribution in [0.2, 0.25) is 0 Å². The largest absolute Gasteiger partial charge is 0.497 e. The molecular weight excluding hydrogens is 299 g/mol. The third-order valence-electron chi connectivity index (χ3n) is 2.60. The summed E-state index contributed by atoms with van der Waals surface area (Å²) in [6, 6.07) is 15.7. The molecule has 0 aliphatic heterocycles. The third kappa shape index (κ3) is 3.76. The van der Waals surface area contributed by atoms with E-state index in [9.17, 15) is 4.57 Å². The fourth-order valence-corrected chi connectivity index (χ4v) is 2.91. The Hall–Kier alpha value is -1.48. The van der Waals surface area contributed by atoms with Gasteiger partial charge >= 0.3 is 7.60 Å². The number of methoxy groups -OCH3 is 1. The van der Waals surface area contributed by atoms with E-state index in [0.717, 1.165) is 0 Å². The summed E-state index contributed by atoms with van der Waals surface area (Å²) in [6.07, 6.45) is 0. The molecule has 0 aliphatic carbocycles.